The van der Waals surface area contributed by atoms with Gasteiger partial charge in [-0.15, -0.1) is 25.5 Å². The largest absolute Gasteiger partial charge is 0.490 e. The van der Waals surface area contributed by atoms with Crippen LogP contribution in [0.1, 0.15) is 18.9 Å². The van der Waals surface area contributed by atoms with Crippen LogP contribution in [-0.2, 0) is 11.2 Å². The third-order valence-corrected chi connectivity index (χ3v) is 3.99. The standard InChI is InChI=1S/C13H16F2O2.C6H4F2S.C2H2/c1-2-5-16-7-9-6-10-11(14)3-4-12(15)13(10)17-8-9;7-5-2-1-4(9)3-6(5)8;1-2/h3-4,9H,2,5-8H2,1H3;1-3,9H;1-2H. The minimum atomic E-state index is -0.859. The summed E-state index contributed by atoms with van der Waals surface area (Å²) in [6, 6.07) is 5.70. The van der Waals surface area contributed by atoms with Crippen LogP contribution in [0.2, 0.25) is 0 Å². The van der Waals surface area contributed by atoms with Crippen LogP contribution in [0.4, 0.5) is 17.6 Å². The molecule has 152 valence electrons. The molecular formula is C21H22F4O2S. The Morgan fingerprint density at radius 3 is 2.29 bits per heavy atom. The van der Waals surface area contributed by atoms with Crippen LogP contribution in [0.5, 0.6) is 5.75 Å². The van der Waals surface area contributed by atoms with Gasteiger partial charge in [-0.05, 0) is 43.2 Å². The highest BCUT2D eigenvalue weighted by Crippen LogP contribution is 2.32. The van der Waals surface area contributed by atoms with E-state index in [0.29, 0.717) is 36.7 Å². The van der Waals surface area contributed by atoms with Crippen molar-refractivity contribution in [3.63, 3.8) is 0 Å². The maximum Gasteiger partial charge on any atom is 0.165 e. The van der Waals surface area contributed by atoms with Gasteiger partial charge in [0.2, 0.25) is 0 Å². The van der Waals surface area contributed by atoms with Gasteiger partial charge in [-0.2, -0.15) is 0 Å². The molecule has 1 aliphatic heterocycles. The van der Waals surface area contributed by atoms with Crippen molar-refractivity contribution < 1.29 is 27.0 Å². The average molecular weight is 414 g/mol. The minimum absolute atomic E-state index is 0.0664. The summed E-state index contributed by atoms with van der Waals surface area (Å²) < 4.78 is 61.8. The molecule has 0 radical (unpaired) electrons. The Balaban J connectivity index is 0.000000301. The lowest BCUT2D eigenvalue weighted by Crippen LogP contribution is -2.26. The molecule has 7 heteroatoms. The zero-order chi connectivity index (χ0) is 21.1. The minimum Gasteiger partial charge on any atom is -0.490 e. The van der Waals surface area contributed by atoms with Gasteiger partial charge in [-0.1, -0.05) is 6.92 Å². The van der Waals surface area contributed by atoms with Crippen molar-refractivity contribution in [3.05, 3.63) is 59.2 Å². The van der Waals surface area contributed by atoms with Crippen molar-refractivity contribution >= 4 is 12.6 Å². The van der Waals surface area contributed by atoms with E-state index in [4.69, 9.17) is 9.47 Å². The van der Waals surface area contributed by atoms with E-state index in [0.717, 1.165) is 30.7 Å². The highest BCUT2D eigenvalue weighted by Gasteiger charge is 2.25. The van der Waals surface area contributed by atoms with Crippen LogP contribution in [-0.4, -0.2) is 19.8 Å². The van der Waals surface area contributed by atoms with E-state index >= 15 is 0 Å². The zero-order valence-electron chi connectivity index (χ0n) is 15.4. The quantitative estimate of drug-likeness (QED) is 0.311. The Bertz CT molecular complexity index is 780. The molecule has 2 aromatic carbocycles. The first-order chi connectivity index (χ1) is 13.4. The molecule has 28 heavy (non-hydrogen) atoms. The van der Waals surface area contributed by atoms with Gasteiger partial charge in [0.05, 0.1) is 13.2 Å². The molecule has 0 N–H and O–H groups in total. The lowest BCUT2D eigenvalue weighted by Gasteiger charge is -2.25. The van der Waals surface area contributed by atoms with Gasteiger partial charge in [-0.3, -0.25) is 0 Å². The van der Waals surface area contributed by atoms with Gasteiger partial charge in [0, 0.05) is 23.0 Å². The molecule has 0 spiro atoms. The van der Waals surface area contributed by atoms with Gasteiger partial charge in [0.1, 0.15) is 5.82 Å². The number of halogens is 4. The Morgan fingerprint density at radius 2 is 1.68 bits per heavy atom. The zero-order valence-corrected chi connectivity index (χ0v) is 16.3. The van der Waals surface area contributed by atoms with E-state index in [9.17, 15) is 17.6 Å². The molecule has 3 rings (SSSR count). The molecule has 1 atom stereocenters. The van der Waals surface area contributed by atoms with E-state index in [-0.39, 0.29) is 11.7 Å². The number of ether oxygens (including phenoxy) is 2. The van der Waals surface area contributed by atoms with E-state index in [2.05, 4.69) is 25.5 Å². The second-order valence-electron chi connectivity index (χ2n) is 5.89. The highest BCUT2D eigenvalue weighted by atomic mass is 32.1. The monoisotopic (exact) mass is 414 g/mol. The maximum atomic E-state index is 13.5. The van der Waals surface area contributed by atoms with Gasteiger partial charge < -0.3 is 9.47 Å². The van der Waals surface area contributed by atoms with Crippen LogP contribution in [0.15, 0.2) is 35.2 Å². The van der Waals surface area contributed by atoms with E-state index < -0.39 is 23.3 Å². The Labute approximate surface area is 168 Å². The van der Waals surface area contributed by atoms with Crippen molar-refractivity contribution in [1.29, 1.82) is 0 Å². The Hall–Kier alpha value is -2.17. The number of fused-ring (bicyclic) bond motifs is 1. The summed E-state index contributed by atoms with van der Waals surface area (Å²) in [7, 11) is 0. The summed E-state index contributed by atoms with van der Waals surface area (Å²) in [6.07, 6.45) is 9.43. The molecular weight excluding hydrogens is 392 g/mol. The van der Waals surface area contributed by atoms with E-state index in [1.807, 2.05) is 6.92 Å². The predicted molar refractivity (Wildman–Crippen MR) is 104 cm³/mol. The maximum absolute atomic E-state index is 13.5. The normalized spacial score (nSPS) is 14.5. The van der Waals surface area contributed by atoms with Gasteiger partial charge in [0.15, 0.2) is 23.2 Å². The molecule has 1 heterocycles. The highest BCUT2D eigenvalue weighted by molar-refractivity contribution is 7.80. The second-order valence-corrected chi connectivity index (χ2v) is 6.41. The number of hydrogen-bond donors (Lipinski definition) is 1. The van der Waals surface area contributed by atoms with Crippen molar-refractivity contribution in [3.8, 4) is 18.6 Å². The van der Waals surface area contributed by atoms with Gasteiger partial charge >= 0.3 is 0 Å². The smallest absolute Gasteiger partial charge is 0.165 e. The Morgan fingerprint density at radius 1 is 1.04 bits per heavy atom. The van der Waals surface area contributed by atoms with Gasteiger partial charge in [-0.25, -0.2) is 17.6 Å². The topological polar surface area (TPSA) is 18.5 Å². The number of benzene rings is 2. The summed E-state index contributed by atoms with van der Waals surface area (Å²) in [5, 5.41) is 0. The van der Waals surface area contributed by atoms with E-state index in [1.165, 1.54) is 6.07 Å². The molecule has 0 bridgehead atoms. The number of thiol groups is 1. The molecule has 2 aromatic rings. The molecule has 1 aliphatic rings. The average Bonchev–Trinajstić information content (AvgIpc) is 2.70. The lowest BCUT2D eigenvalue weighted by molar-refractivity contribution is 0.0695. The second kappa shape index (κ2) is 12.3. The Kier molecular flexibility index (Phi) is 10.5. The van der Waals surface area contributed by atoms with Gasteiger partial charge in [0.25, 0.3) is 0 Å². The summed E-state index contributed by atoms with van der Waals surface area (Å²) in [4.78, 5) is 0.425. The van der Waals surface area contributed by atoms with Crippen LogP contribution in [0, 0.1) is 42.0 Å². The van der Waals surface area contributed by atoms with Crippen LogP contribution in [0.3, 0.4) is 0 Å². The lowest BCUT2D eigenvalue weighted by atomic mass is 9.97. The predicted octanol–water partition coefficient (Wildman–Crippen LogP) is 5.45. The molecule has 0 aromatic heterocycles. The molecule has 0 fully saturated rings. The summed E-state index contributed by atoms with van der Waals surface area (Å²) in [5.41, 5.74) is 0.335. The fourth-order valence-corrected chi connectivity index (χ4v) is 2.64. The first-order valence-corrected chi connectivity index (χ1v) is 9.01. The van der Waals surface area contributed by atoms with Crippen LogP contribution >= 0.6 is 12.6 Å². The van der Waals surface area contributed by atoms with Crippen molar-refractivity contribution in [2.75, 3.05) is 19.8 Å². The van der Waals surface area contributed by atoms with Crippen LogP contribution in [0.25, 0.3) is 0 Å². The van der Waals surface area contributed by atoms with Crippen molar-refractivity contribution in [2.24, 2.45) is 5.92 Å². The molecule has 2 nitrogen and oxygen atoms in total. The molecule has 1 unspecified atom stereocenters. The summed E-state index contributed by atoms with van der Waals surface area (Å²) >= 11 is 3.79. The number of terminal acetylenes is 1. The fourth-order valence-electron chi connectivity index (χ4n) is 2.46. The fraction of sp³-hybridized carbons (Fsp3) is 0.333. The molecule has 0 amide bonds. The molecule has 0 saturated heterocycles. The van der Waals surface area contributed by atoms with Crippen molar-refractivity contribution in [1.82, 2.24) is 0 Å². The first kappa shape index (κ1) is 23.9. The summed E-state index contributed by atoms with van der Waals surface area (Å²) in [5.74, 6) is -2.42. The van der Waals surface area contributed by atoms with Crippen LogP contribution < -0.4 is 4.74 Å². The SMILES string of the molecule is C#C.CCCOCC1COc2c(F)ccc(F)c2C1.Fc1ccc(S)cc1F. The van der Waals surface area contributed by atoms with Crippen molar-refractivity contribution in [2.45, 2.75) is 24.7 Å². The number of hydrogen-bond acceptors (Lipinski definition) is 3. The molecule has 0 aliphatic carbocycles. The first-order valence-electron chi connectivity index (χ1n) is 8.57. The number of rotatable bonds is 4. The molecule has 0 saturated carbocycles. The summed E-state index contributed by atoms with van der Waals surface area (Å²) in [6.45, 7) is 3.64. The van der Waals surface area contributed by atoms with E-state index in [1.54, 1.807) is 0 Å². The third kappa shape index (κ3) is 7.10. The third-order valence-electron chi connectivity index (χ3n) is 3.72.